The zero-order valence-electron chi connectivity index (χ0n) is 12.0. The van der Waals surface area contributed by atoms with Crippen molar-refractivity contribution in [2.45, 2.75) is 13.8 Å². The van der Waals surface area contributed by atoms with Crippen molar-refractivity contribution in [2.75, 3.05) is 18.5 Å². The van der Waals surface area contributed by atoms with E-state index in [1.807, 2.05) is 26.0 Å². The van der Waals surface area contributed by atoms with Gasteiger partial charge in [0.15, 0.2) is 6.61 Å². The number of nitrogens with one attached hydrogen (secondary N) is 1. The first-order valence-corrected chi connectivity index (χ1v) is 6.63. The Hall–Kier alpha value is -2.63. The fraction of sp³-hybridized carbons (Fsp3) is 0.267. The van der Waals surface area contributed by atoms with Crippen LogP contribution in [0, 0.1) is 6.92 Å². The maximum atomic E-state index is 11.9. The summed E-state index contributed by atoms with van der Waals surface area (Å²) in [4.78, 5) is 19.9. The van der Waals surface area contributed by atoms with Gasteiger partial charge < -0.3 is 14.8 Å². The van der Waals surface area contributed by atoms with Crippen LogP contribution in [0.25, 0.3) is 0 Å². The van der Waals surface area contributed by atoms with Gasteiger partial charge in [-0.05, 0) is 32.0 Å². The minimum absolute atomic E-state index is 0.163. The van der Waals surface area contributed by atoms with Gasteiger partial charge in [-0.25, -0.2) is 9.97 Å². The minimum atomic E-state index is -0.299. The molecule has 0 aliphatic rings. The molecule has 0 bridgehead atoms. The summed E-state index contributed by atoms with van der Waals surface area (Å²) < 4.78 is 10.7. The Balaban J connectivity index is 1.93. The Morgan fingerprint density at radius 2 is 2.05 bits per heavy atom. The molecule has 2 rings (SSSR count). The zero-order valence-corrected chi connectivity index (χ0v) is 12.0. The van der Waals surface area contributed by atoms with Crippen LogP contribution in [0.1, 0.15) is 12.6 Å². The number of carbonyl (C=O) groups excluding carboxylic acids is 1. The van der Waals surface area contributed by atoms with Crippen LogP contribution in [0.5, 0.6) is 11.8 Å². The molecule has 1 N–H and O–H groups in total. The number of carbonyl (C=O) groups is 1. The smallest absolute Gasteiger partial charge is 0.317 e. The molecule has 0 aliphatic heterocycles. The van der Waals surface area contributed by atoms with Gasteiger partial charge in [0.1, 0.15) is 5.75 Å². The molecule has 2 aromatic rings. The quantitative estimate of drug-likeness (QED) is 0.881. The van der Waals surface area contributed by atoms with Gasteiger partial charge in [-0.2, -0.15) is 0 Å². The highest BCUT2D eigenvalue weighted by atomic mass is 16.5. The number of aryl methyl sites for hydroxylation is 1. The van der Waals surface area contributed by atoms with E-state index in [2.05, 4.69) is 15.3 Å². The summed E-state index contributed by atoms with van der Waals surface area (Å²) in [5.41, 5.74) is 1.39. The third-order valence-corrected chi connectivity index (χ3v) is 2.57. The predicted molar refractivity (Wildman–Crippen MR) is 78.5 cm³/mol. The van der Waals surface area contributed by atoms with Gasteiger partial charge in [0.05, 0.1) is 12.3 Å². The fourth-order valence-electron chi connectivity index (χ4n) is 1.66. The Labute approximate surface area is 123 Å². The first kappa shape index (κ1) is 14.8. The van der Waals surface area contributed by atoms with E-state index >= 15 is 0 Å². The summed E-state index contributed by atoms with van der Waals surface area (Å²) >= 11 is 0. The van der Waals surface area contributed by atoms with Crippen LogP contribution in [0.15, 0.2) is 36.5 Å². The van der Waals surface area contributed by atoms with E-state index < -0.39 is 0 Å². The van der Waals surface area contributed by atoms with Crippen molar-refractivity contribution in [3.63, 3.8) is 0 Å². The molecule has 0 fully saturated rings. The van der Waals surface area contributed by atoms with Crippen LogP contribution >= 0.6 is 0 Å². The normalized spacial score (nSPS) is 10.0. The highest BCUT2D eigenvalue weighted by Gasteiger charge is 2.08. The molecular weight excluding hydrogens is 270 g/mol. The number of benzene rings is 1. The number of nitrogens with zero attached hydrogens (tertiary/aromatic N) is 2. The van der Waals surface area contributed by atoms with Crippen LogP contribution in [0.2, 0.25) is 0 Å². The molecule has 6 nitrogen and oxygen atoms in total. The van der Waals surface area contributed by atoms with E-state index in [9.17, 15) is 4.79 Å². The molecule has 0 atom stereocenters. The zero-order chi connectivity index (χ0) is 15.1. The van der Waals surface area contributed by atoms with Crippen molar-refractivity contribution in [1.82, 2.24) is 9.97 Å². The lowest BCUT2D eigenvalue weighted by Gasteiger charge is -2.11. The molecule has 1 aromatic heterocycles. The second-order valence-corrected chi connectivity index (χ2v) is 4.25. The Bertz CT molecular complexity index is 617. The molecular formula is C15H17N3O3. The molecule has 0 spiro atoms. The van der Waals surface area contributed by atoms with E-state index in [1.54, 1.807) is 24.4 Å². The molecule has 0 radical (unpaired) electrons. The second-order valence-electron chi connectivity index (χ2n) is 4.25. The average molecular weight is 287 g/mol. The van der Waals surface area contributed by atoms with Gasteiger partial charge in [-0.1, -0.05) is 12.1 Å². The van der Waals surface area contributed by atoms with Gasteiger partial charge in [0.25, 0.3) is 5.91 Å². The van der Waals surface area contributed by atoms with E-state index in [1.165, 1.54) is 0 Å². The Kier molecular flexibility index (Phi) is 5.09. The third-order valence-electron chi connectivity index (χ3n) is 2.57. The van der Waals surface area contributed by atoms with E-state index in [-0.39, 0.29) is 18.5 Å². The number of hydrogen-bond acceptors (Lipinski definition) is 5. The fourth-order valence-corrected chi connectivity index (χ4v) is 1.66. The molecule has 0 saturated carbocycles. The number of para-hydroxylation sites is 2. The molecule has 0 saturated heterocycles. The molecule has 21 heavy (non-hydrogen) atoms. The topological polar surface area (TPSA) is 73.3 Å². The summed E-state index contributed by atoms with van der Waals surface area (Å²) in [5.74, 6) is 0.326. The standard InChI is InChI=1S/C15H17N3O3/c1-3-20-13-7-5-4-6-12(13)18-14(19)10-21-15-16-9-8-11(2)17-15/h4-9H,3,10H2,1-2H3,(H,18,19). The highest BCUT2D eigenvalue weighted by molar-refractivity contribution is 5.93. The Morgan fingerprint density at radius 3 is 2.81 bits per heavy atom. The molecule has 0 aliphatic carbocycles. The van der Waals surface area contributed by atoms with Gasteiger partial charge in [-0.15, -0.1) is 0 Å². The lowest BCUT2D eigenvalue weighted by molar-refractivity contribution is -0.118. The molecule has 6 heteroatoms. The maximum Gasteiger partial charge on any atom is 0.317 e. The van der Waals surface area contributed by atoms with Crippen LogP contribution in [0.3, 0.4) is 0 Å². The number of rotatable bonds is 6. The van der Waals surface area contributed by atoms with E-state index in [0.29, 0.717) is 18.0 Å². The van der Waals surface area contributed by atoms with Crippen molar-refractivity contribution in [3.8, 4) is 11.8 Å². The van der Waals surface area contributed by atoms with Crippen LogP contribution in [0.4, 0.5) is 5.69 Å². The lowest BCUT2D eigenvalue weighted by Crippen LogP contribution is -2.21. The van der Waals surface area contributed by atoms with Gasteiger partial charge in [0, 0.05) is 11.9 Å². The van der Waals surface area contributed by atoms with Crippen LogP contribution in [-0.2, 0) is 4.79 Å². The van der Waals surface area contributed by atoms with Crippen molar-refractivity contribution in [2.24, 2.45) is 0 Å². The average Bonchev–Trinajstić information content (AvgIpc) is 2.48. The monoisotopic (exact) mass is 287 g/mol. The lowest BCUT2D eigenvalue weighted by atomic mass is 10.3. The summed E-state index contributed by atoms with van der Waals surface area (Å²) in [6.45, 7) is 4.08. The van der Waals surface area contributed by atoms with Crippen LogP contribution < -0.4 is 14.8 Å². The predicted octanol–water partition coefficient (Wildman–Crippen LogP) is 2.20. The van der Waals surface area contributed by atoms with Crippen LogP contribution in [-0.4, -0.2) is 29.1 Å². The van der Waals surface area contributed by atoms with Crippen molar-refractivity contribution >= 4 is 11.6 Å². The molecule has 110 valence electrons. The second kappa shape index (κ2) is 7.23. The summed E-state index contributed by atoms with van der Waals surface area (Å²) in [5, 5.41) is 2.74. The molecule has 1 amide bonds. The SMILES string of the molecule is CCOc1ccccc1NC(=O)COc1nccc(C)n1. The van der Waals surface area contributed by atoms with Gasteiger partial charge in [0.2, 0.25) is 0 Å². The van der Waals surface area contributed by atoms with Gasteiger partial charge >= 0.3 is 6.01 Å². The first-order chi connectivity index (χ1) is 10.2. The first-order valence-electron chi connectivity index (χ1n) is 6.63. The van der Waals surface area contributed by atoms with Gasteiger partial charge in [-0.3, -0.25) is 4.79 Å². The number of anilines is 1. The summed E-state index contributed by atoms with van der Waals surface area (Å²) in [6.07, 6.45) is 1.58. The summed E-state index contributed by atoms with van der Waals surface area (Å²) in [7, 11) is 0. The number of hydrogen-bond donors (Lipinski definition) is 1. The Morgan fingerprint density at radius 1 is 1.24 bits per heavy atom. The minimum Gasteiger partial charge on any atom is -0.492 e. The highest BCUT2D eigenvalue weighted by Crippen LogP contribution is 2.23. The third kappa shape index (κ3) is 4.45. The maximum absolute atomic E-state index is 11.9. The van der Waals surface area contributed by atoms with Crippen molar-refractivity contribution in [3.05, 3.63) is 42.2 Å². The molecule has 0 unspecified atom stereocenters. The summed E-state index contributed by atoms with van der Waals surface area (Å²) in [6, 6.07) is 9.17. The number of amides is 1. The molecule has 1 heterocycles. The van der Waals surface area contributed by atoms with Crippen molar-refractivity contribution in [1.29, 1.82) is 0 Å². The largest absolute Gasteiger partial charge is 0.492 e. The van der Waals surface area contributed by atoms with E-state index in [0.717, 1.165) is 5.69 Å². The molecule has 1 aromatic carbocycles. The number of aromatic nitrogens is 2. The van der Waals surface area contributed by atoms with Crippen molar-refractivity contribution < 1.29 is 14.3 Å². The number of ether oxygens (including phenoxy) is 2. The van der Waals surface area contributed by atoms with E-state index in [4.69, 9.17) is 9.47 Å².